The summed E-state index contributed by atoms with van der Waals surface area (Å²) >= 11 is 6.33. The minimum Gasteiger partial charge on any atom is -0.396 e. The third-order valence-electron chi connectivity index (χ3n) is 3.10. The second-order valence-electron chi connectivity index (χ2n) is 4.52. The fourth-order valence-electron chi connectivity index (χ4n) is 2.01. The van der Waals surface area contributed by atoms with Gasteiger partial charge in [0.1, 0.15) is 16.7 Å². The minimum atomic E-state index is 0.0768. The summed E-state index contributed by atoms with van der Waals surface area (Å²) < 4.78 is 1.83. The molecule has 96 valence electrons. The van der Waals surface area contributed by atoms with E-state index in [1.54, 1.807) is 0 Å². The number of hydrogen-bond acceptors (Lipinski definition) is 2. The number of halogens is 1. The maximum absolute atomic E-state index is 9.02. The second kappa shape index (κ2) is 5.12. The Labute approximate surface area is 112 Å². The quantitative estimate of drug-likeness (QED) is 0.926. The number of aromatic nitrogens is 2. The molecule has 0 fully saturated rings. The molecule has 0 aliphatic carbocycles. The van der Waals surface area contributed by atoms with Gasteiger partial charge in [0.25, 0.3) is 0 Å². The number of nitrogens with zero attached hydrogens (tertiary/aromatic N) is 2. The summed E-state index contributed by atoms with van der Waals surface area (Å²) in [7, 11) is 1.87. The molecule has 2 aromatic rings. The van der Waals surface area contributed by atoms with Crippen LogP contribution in [0.1, 0.15) is 17.0 Å². The summed E-state index contributed by atoms with van der Waals surface area (Å²) in [6, 6.07) is 6.23. The van der Waals surface area contributed by atoms with Crippen LogP contribution in [0.4, 0.5) is 0 Å². The van der Waals surface area contributed by atoms with E-state index in [9.17, 15) is 0 Å². The molecule has 3 nitrogen and oxygen atoms in total. The standard InChI is InChI=1S/C14H17ClN2O/c1-9-4-5-10(2)11(8-9)13-14(15)17(3)12(16-13)6-7-18/h4-5,8,18H,6-7H2,1-3H3. The molecule has 1 aromatic carbocycles. The van der Waals surface area contributed by atoms with E-state index in [0.29, 0.717) is 11.6 Å². The largest absolute Gasteiger partial charge is 0.396 e. The zero-order valence-corrected chi connectivity index (χ0v) is 11.6. The van der Waals surface area contributed by atoms with Crippen LogP contribution in [0.2, 0.25) is 5.15 Å². The predicted molar refractivity (Wildman–Crippen MR) is 73.9 cm³/mol. The molecule has 0 saturated carbocycles. The van der Waals surface area contributed by atoms with Crippen LogP contribution >= 0.6 is 11.6 Å². The zero-order valence-electron chi connectivity index (χ0n) is 10.9. The molecule has 0 spiro atoms. The molecule has 0 aliphatic heterocycles. The fraction of sp³-hybridized carbons (Fsp3) is 0.357. The number of aliphatic hydroxyl groups is 1. The Kier molecular flexibility index (Phi) is 3.73. The highest BCUT2D eigenvalue weighted by Crippen LogP contribution is 2.30. The van der Waals surface area contributed by atoms with Gasteiger partial charge in [-0.15, -0.1) is 0 Å². The Balaban J connectivity index is 2.57. The summed E-state index contributed by atoms with van der Waals surface area (Å²) in [4.78, 5) is 4.54. The number of imidazole rings is 1. The number of benzene rings is 1. The van der Waals surface area contributed by atoms with Crippen LogP contribution in [0, 0.1) is 13.8 Å². The van der Waals surface area contributed by atoms with Gasteiger partial charge in [-0.1, -0.05) is 29.3 Å². The van der Waals surface area contributed by atoms with Crippen LogP contribution in [0.5, 0.6) is 0 Å². The molecule has 4 heteroatoms. The SMILES string of the molecule is Cc1ccc(C)c(-c2nc(CCO)n(C)c2Cl)c1. The van der Waals surface area contributed by atoms with Crippen LogP contribution in [-0.4, -0.2) is 21.3 Å². The summed E-state index contributed by atoms with van der Waals surface area (Å²) in [5.41, 5.74) is 4.18. The smallest absolute Gasteiger partial charge is 0.136 e. The Morgan fingerprint density at radius 1 is 1.33 bits per heavy atom. The van der Waals surface area contributed by atoms with E-state index >= 15 is 0 Å². The first kappa shape index (κ1) is 13.1. The van der Waals surface area contributed by atoms with Crippen molar-refractivity contribution < 1.29 is 5.11 Å². The molecule has 0 radical (unpaired) electrons. The van der Waals surface area contributed by atoms with Crippen LogP contribution in [0.25, 0.3) is 11.3 Å². The molecular formula is C14H17ClN2O. The van der Waals surface area contributed by atoms with Crippen molar-refractivity contribution in [2.24, 2.45) is 7.05 Å². The zero-order chi connectivity index (χ0) is 13.3. The van der Waals surface area contributed by atoms with Gasteiger partial charge in [0, 0.05) is 19.0 Å². The lowest BCUT2D eigenvalue weighted by molar-refractivity contribution is 0.295. The average Bonchev–Trinajstić information content (AvgIpc) is 2.61. The first-order valence-corrected chi connectivity index (χ1v) is 6.32. The molecule has 2 rings (SSSR count). The van der Waals surface area contributed by atoms with Gasteiger partial charge in [0.05, 0.1) is 6.61 Å². The van der Waals surface area contributed by atoms with Crippen molar-refractivity contribution in [1.82, 2.24) is 9.55 Å². The van der Waals surface area contributed by atoms with Crippen molar-refractivity contribution in [3.8, 4) is 11.3 Å². The Bertz CT molecular complexity index is 575. The van der Waals surface area contributed by atoms with Gasteiger partial charge < -0.3 is 9.67 Å². The number of hydrogen-bond donors (Lipinski definition) is 1. The highest BCUT2D eigenvalue weighted by molar-refractivity contribution is 6.32. The van der Waals surface area contributed by atoms with Gasteiger partial charge in [-0.3, -0.25) is 0 Å². The van der Waals surface area contributed by atoms with E-state index in [-0.39, 0.29) is 6.61 Å². The normalized spacial score (nSPS) is 10.9. The molecule has 0 amide bonds. The number of rotatable bonds is 3. The van der Waals surface area contributed by atoms with Gasteiger partial charge in [0.15, 0.2) is 0 Å². The maximum Gasteiger partial charge on any atom is 0.136 e. The molecule has 18 heavy (non-hydrogen) atoms. The molecule has 1 aromatic heterocycles. The topological polar surface area (TPSA) is 38.1 Å². The molecule has 1 heterocycles. The van der Waals surface area contributed by atoms with E-state index in [4.69, 9.17) is 16.7 Å². The van der Waals surface area contributed by atoms with E-state index in [0.717, 1.165) is 22.6 Å². The van der Waals surface area contributed by atoms with Crippen molar-refractivity contribution in [3.05, 3.63) is 40.3 Å². The third-order valence-corrected chi connectivity index (χ3v) is 3.53. The highest BCUT2D eigenvalue weighted by Gasteiger charge is 2.15. The maximum atomic E-state index is 9.02. The van der Waals surface area contributed by atoms with Crippen LogP contribution in [-0.2, 0) is 13.5 Å². The first-order valence-electron chi connectivity index (χ1n) is 5.94. The molecule has 1 N–H and O–H groups in total. The van der Waals surface area contributed by atoms with Gasteiger partial charge in [-0.2, -0.15) is 0 Å². The molecule has 0 saturated heterocycles. The second-order valence-corrected chi connectivity index (χ2v) is 4.88. The molecule has 0 atom stereocenters. The summed E-state index contributed by atoms with van der Waals surface area (Å²) in [6.07, 6.45) is 0.515. The minimum absolute atomic E-state index is 0.0768. The number of aliphatic hydroxyl groups excluding tert-OH is 1. The Morgan fingerprint density at radius 2 is 2.06 bits per heavy atom. The van der Waals surface area contributed by atoms with E-state index in [1.807, 2.05) is 18.5 Å². The third kappa shape index (κ3) is 2.28. The van der Waals surface area contributed by atoms with Crippen molar-refractivity contribution in [3.63, 3.8) is 0 Å². The van der Waals surface area contributed by atoms with Crippen molar-refractivity contribution >= 4 is 11.6 Å². The van der Waals surface area contributed by atoms with Crippen LogP contribution < -0.4 is 0 Å². The molecule has 0 unspecified atom stereocenters. The lowest BCUT2D eigenvalue weighted by Gasteiger charge is -2.05. The highest BCUT2D eigenvalue weighted by atomic mass is 35.5. The fourth-order valence-corrected chi connectivity index (χ4v) is 2.25. The number of aryl methyl sites for hydroxylation is 2. The van der Waals surface area contributed by atoms with Crippen LogP contribution in [0.15, 0.2) is 18.2 Å². The molecular weight excluding hydrogens is 248 g/mol. The van der Waals surface area contributed by atoms with Gasteiger partial charge in [0.2, 0.25) is 0 Å². The van der Waals surface area contributed by atoms with Crippen molar-refractivity contribution in [1.29, 1.82) is 0 Å². The van der Waals surface area contributed by atoms with E-state index in [1.165, 1.54) is 5.56 Å². The predicted octanol–water partition coefficient (Wildman–Crippen LogP) is 2.89. The monoisotopic (exact) mass is 264 g/mol. The Hall–Kier alpha value is -1.32. The van der Waals surface area contributed by atoms with Crippen LogP contribution in [0.3, 0.4) is 0 Å². The van der Waals surface area contributed by atoms with E-state index < -0.39 is 0 Å². The van der Waals surface area contributed by atoms with Crippen molar-refractivity contribution in [2.75, 3.05) is 6.61 Å². The Morgan fingerprint density at radius 3 is 2.72 bits per heavy atom. The van der Waals surface area contributed by atoms with Crippen molar-refractivity contribution in [2.45, 2.75) is 20.3 Å². The summed E-state index contributed by atoms with van der Waals surface area (Å²) in [5.74, 6) is 0.804. The molecule has 0 aliphatic rings. The van der Waals surface area contributed by atoms with Gasteiger partial charge >= 0.3 is 0 Å². The van der Waals surface area contributed by atoms with E-state index in [2.05, 4.69) is 30.1 Å². The lowest BCUT2D eigenvalue weighted by atomic mass is 10.0. The lowest BCUT2D eigenvalue weighted by Crippen LogP contribution is -2.00. The molecule has 0 bridgehead atoms. The summed E-state index contributed by atoms with van der Waals surface area (Å²) in [6.45, 7) is 4.17. The average molecular weight is 265 g/mol. The first-order chi connectivity index (χ1) is 8.54. The summed E-state index contributed by atoms with van der Waals surface area (Å²) in [5, 5.41) is 9.63. The van der Waals surface area contributed by atoms with Gasteiger partial charge in [-0.05, 0) is 25.5 Å². The van der Waals surface area contributed by atoms with Gasteiger partial charge in [-0.25, -0.2) is 4.98 Å².